The van der Waals surface area contributed by atoms with Crippen LogP contribution in [-0.4, -0.2) is 18.9 Å². The van der Waals surface area contributed by atoms with E-state index in [1.165, 1.54) is 6.07 Å². The molecule has 0 aliphatic heterocycles. The first-order valence-corrected chi connectivity index (χ1v) is 10.3. The van der Waals surface area contributed by atoms with E-state index in [2.05, 4.69) is 11.4 Å². The lowest BCUT2D eigenvalue weighted by atomic mass is 10.2. The Kier molecular flexibility index (Phi) is 5.14. The molecule has 146 valence electrons. The van der Waals surface area contributed by atoms with E-state index in [1.54, 1.807) is 19.1 Å². The van der Waals surface area contributed by atoms with Gasteiger partial charge in [0.15, 0.2) is 0 Å². The van der Waals surface area contributed by atoms with Gasteiger partial charge in [-0.3, -0.25) is 4.79 Å². The molecule has 28 heavy (non-hydrogen) atoms. The first-order chi connectivity index (χ1) is 13.1. The van der Waals surface area contributed by atoms with Gasteiger partial charge in [-0.1, -0.05) is 18.2 Å². The predicted octanol–water partition coefficient (Wildman–Crippen LogP) is 3.61. The molecular formula is C21H23N3O3S. The number of rotatable bonds is 4. The lowest BCUT2D eigenvalue weighted by Gasteiger charge is -2.11. The second kappa shape index (κ2) is 7.26. The second-order valence-electron chi connectivity index (χ2n) is 6.94. The molecule has 0 atom stereocenters. The van der Waals surface area contributed by atoms with Gasteiger partial charge in [0, 0.05) is 22.8 Å². The molecule has 1 aromatic heterocycles. The van der Waals surface area contributed by atoms with E-state index in [4.69, 9.17) is 5.14 Å². The Balaban J connectivity index is 1.96. The van der Waals surface area contributed by atoms with Crippen LogP contribution in [0.4, 0.5) is 5.69 Å². The maximum absolute atomic E-state index is 12.8. The fourth-order valence-electron chi connectivity index (χ4n) is 3.34. The number of amides is 1. The molecule has 0 spiro atoms. The summed E-state index contributed by atoms with van der Waals surface area (Å²) in [5.41, 5.74) is 5.28. The zero-order valence-electron chi connectivity index (χ0n) is 16.3. The third-order valence-corrected chi connectivity index (χ3v) is 5.74. The molecule has 0 radical (unpaired) electrons. The lowest BCUT2D eigenvalue weighted by Crippen LogP contribution is -2.16. The molecular weight excluding hydrogens is 374 g/mol. The van der Waals surface area contributed by atoms with Gasteiger partial charge in [0.1, 0.15) is 0 Å². The molecule has 2 aromatic carbocycles. The summed E-state index contributed by atoms with van der Waals surface area (Å²) in [6.07, 6.45) is 0. The average Bonchev–Trinajstić information content (AvgIpc) is 2.90. The molecule has 0 aliphatic rings. The molecule has 3 N–H and O–H groups in total. The van der Waals surface area contributed by atoms with Crippen LogP contribution in [0.15, 0.2) is 53.4 Å². The number of sulfonamides is 1. The van der Waals surface area contributed by atoms with E-state index in [-0.39, 0.29) is 10.8 Å². The van der Waals surface area contributed by atoms with Crippen LogP contribution in [0.3, 0.4) is 0 Å². The van der Waals surface area contributed by atoms with Gasteiger partial charge < -0.3 is 9.88 Å². The van der Waals surface area contributed by atoms with Crippen molar-refractivity contribution in [3.8, 4) is 5.69 Å². The monoisotopic (exact) mass is 397 g/mol. The molecule has 0 unspecified atom stereocenters. The number of nitrogens with one attached hydrogen (secondary N) is 1. The first kappa shape index (κ1) is 19.9. The molecule has 7 heteroatoms. The minimum atomic E-state index is -3.86. The average molecular weight is 398 g/mol. The summed E-state index contributed by atoms with van der Waals surface area (Å²) >= 11 is 0. The van der Waals surface area contributed by atoms with Crippen molar-refractivity contribution >= 4 is 21.6 Å². The van der Waals surface area contributed by atoms with Crippen LogP contribution < -0.4 is 10.5 Å². The number of benzene rings is 2. The molecule has 1 heterocycles. The third kappa shape index (κ3) is 3.85. The summed E-state index contributed by atoms with van der Waals surface area (Å²) in [4.78, 5) is 12.8. The Morgan fingerprint density at radius 3 is 2.36 bits per heavy atom. The van der Waals surface area contributed by atoms with Crippen LogP contribution in [0.1, 0.15) is 32.9 Å². The summed E-state index contributed by atoms with van der Waals surface area (Å²) in [6.45, 7) is 7.50. The summed E-state index contributed by atoms with van der Waals surface area (Å²) in [5.74, 6) is -0.309. The Hall–Kier alpha value is -2.90. The van der Waals surface area contributed by atoms with Gasteiger partial charge >= 0.3 is 0 Å². The van der Waals surface area contributed by atoms with Crippen LogP contribution in [0, 0.1) is 27.7 Å². The highest BCUT2D eigenvalue weighted by atomic mass is 32.2. The molecule has 0 fully saturated rings. The van der Waals surface area contributed by atoms with Gasteiger partial charge in [-0.25, -0.2) is 13.6 Å². The largest absolute Gasteiger partial charge is 0.322 e. The predicted molar refractivity (Wildman–Crippen MR) is 110 cm³/mol. The van der Waals surface area contributed by atoms with Crippen molar-refractivity contribution in [2.45, 2.75) is 32.6 Å². The van der Waals surface area contributed by atoms with Crippen LogP contribution in [0.5, 0.6) is 0 Å². The van der Waals surface area contributed by atoms with Gasteiger partial charge in [0.05, 0.1) is 10.5 Å². The number of nitrogens with zero attached hydrogens (tertiary/aromatic N) is 1. The van der Waals surface area contributed by atoms with E-state index in [0.717, 1.165) is 22.6 Å². The molecule has 0 bridgehead atoms. The number of anilines is 1. The number of hydrogen-bond acceptors (Lipinski definition) is 3. The SMILES string of the molecule is Cc1cccc(-n2c(C)cc(C(=O)Nc3ccc(C)c(S(N)(=O)=O)c3)c2C)c1. The number of primary sulfonamides is 1. The fourth-order valence-corrected chi connectivity index (χ4v) is 4.15. The highest BCUT2D eigenvalue weighted by molar-refractivity contribution is 7.89. The van der Waals surface area contributed by atoms with Crippen LogP contribution in [0.25, 0.3) is 5.69 Å². The van der Waals surface area contributed by atoms with Crippen LogP contribution in [0.2, 0.25) is 0 Å². The van der Waals surface area contributed by atoms with E-state index in [1.807, 2.05) is 49.6 Å². The fraction of sp³-hybridized carbons (Fsp3) is 0.190. The number of hydrogen-bond donors (Lipinski definition) is 2. The molecule has 3 rings (SSSR count). The lowest BCUT2D eigenvalue weighted by molar-refractivity contribution is 0.102. The van der Waals surface area contributed by atoms with Crippen molar-refractivity contribution in [2.75, 3.05) is 5.32 Å². The molecule has 0 saturated heterocycles. The maximum Gasteiger partial charge on any atom is 0.257 e. The van der Waals surface area contributed by atoms with Crippen LogP contribution in [-0.2, 0) is 10.0 Å². The Morgan fingerprint density at radius 2 is 1.71 bits per heavy atom. The number of aromatic nitrogens is 1. The topological polar surface area (TPSA) is 94.2 Å². The van der Waals surface area contributed by atoms with Crippen molar-refractivity contribution in [2.24, 2.45) is 5.14 Å². The second-order valence-corrected chi connectivity index (χ2v) is 8.47. The standard InChI is InChI=1S/C21H23N3O3S/c1-13-6-5-7-18(10-13)24-15(3)11-19(16(24)4)21(25)23-17-9-8-14(2)20(12-17)28(22,26)27/h5-12H,1-4H3,(H,23,25)(H2,22,26,27). The highest BCUT2D eigenvalue weighted by Crippen LogP contribution is 2.24. The highest BCUT2D eigenvalue weighted by Gasteiger charge is 2.18. The zero-order chi connectivity index (χ0) is 20.6. The number of carbonyl (C=O) groups excluding carboxylic acids is 1. The quantitative estimate of drug-likeness (QED) is 0.704. The maximum atomic E-state index is 12.8. The van der Waals surface area contributed by atoms with Crippen molar-refractivity contribution < 1.29 is 13.2 Å². The molecule has 0 aliphatic carbocycles. The van der Waals surface area contributed by atoms with Gasteiger partial charge in [-0.2, -0.15) is 0 Å². The van der Waals surface area contributed by atoms with E-state index >= 15 is 0 Å². The summed E-state index contributed by atoms with van der Waals surface area (Å²) in [6, 6.07) is 14.5. The van der Waals surface area contributed by atoms with Crippen molar-refractivity contribution in [3.63, 3.8) is 0 Å². The van der Waals surface area contributed by atoms with E-state index < -0.39 is 10.0 Å². The minimum absolute atomic E-state index is 0.00414. The molecule has 6 nitrogen and oxygen atoms in total. The normalized spacial score (nSPS) is 11.5. The Bertz CT molecular complexity index is 1180. The van der Waals surface area contributed by atoms with Crippen molar-refractivity contribution in [3.05, 3.63) is 76.6 Å². The first-order valence-electron chi connectivity index (χ1n) is 8.78. The Labute approximate surface area is 165 Å². The third-order valence-electron chi connectivity index (χ3n) is 4.69. The summed E-state index contributed by atoms with van der Waals surface area (Å²) in [5, 5.41) is 8.02. The van der Waals surface area contributed by atoms with E-state index in [0.29, 0.717) is 16.8 Å². The molecule has 3 aromatic rings. The van der Waals surface area contributed by atoms with Crippen molar-refractivity contribution in [1.29, 1.82) is 0 Å². The van der Waals surface area contributed by atoms with Gasteiger partial charge in [0.25, 0.3) is 5.91 Å². The number of aryl methyl sites for hydroxylation is 3. The van der Waals surface area contributed by atoms with Crippen molar-refractivity contribution in [1.82, 2.24) is 4.57 Å². The van der Waals surface area contributed by atoms with Gasteiger partial charge in [0.2, 0.25) is 10.0 Å². The minimum Gasteiger partial charge on any atom is -0.322 e. The summed E-state index contributed by atoms with van der Waals surface area (Å²) in [7, 11) is -3.86. The molecule has 1 amide bonds. The number of nitrogens with two attached hydrogens (primary N) is 1. The molecule has 0 saturated carbocycles. The van der Waals surface area contributed by atoms with E-state index in [9.17, 15) is 13.2 Å². The van der Waals surface area contributed by atoms with Gasteiger partial charge in [-0.15, -0.1) is 0 Å². The summed E-state index contributed by atoms with van der Waals surface area (Å²) < 4.78 is 25.4. The van der Waals surface area contributed by atoms with Gasteiger partial charge in [-0.05, 0) is 69.2 Å². The van der Waals surface area contributed by atoms with Crippen LogP contribution >= 0.6 is 0 Å². The number of carbonyl (C=O) groups is 1. The smallest absolute Gasteiger partial charge is 0.257 e. The zero-order valence-corrected chi connectivity index (χ0v) is 17.1. The Morgan fingerprint density at radius 1 is 1.00 bits per heavy atom.